The van der Waals surface area contributed by atoms with Crippen molar-refractivity contribution in [2.75, 3.05) is 5.32 Å². The highest BCUT2D eigenvalue weighted by Gasteiger charge is 2.19. The van der Waals surface area contributed by atoms with Gasteiger partial charge >= 0.3 is 0 Å². The van der Waals surface area contributed by atoms with Crippen molar-refractivity contribution < 1.29 is 23.1 Å². The van der Waals surface area contributed by atoms with Gasteiger partial charge in [-0.05, 0) is 26.0 Å². The van der Waals surface area contributed by atoms with Crippen LogP contribution in [-0.2, 0) is 4.79 Å². The molecular formula is C14H13F2N3O3S. The number of benzene rings is 1. The van der Waals surface area contributed by atoms with Crippen molar-refractivity contribution >= 4 is 28.2 Å². The molecule has 0 radical (unpaired) electrons. The number of alkyl halides is 2. The Balaban J connectivity index is 1.99. The molecule has 0 fully saturated rings. The molecule has 9 heteroatoms. The Labute approximate surface area is 134 Å². The lowest BCUT2D eigenvalue weighted by molar-refractivity contribution is -0.122. The van der Waals surface area contributed by atoms with E-state index in [1.54, 1.807) is 18.2 Å². The Morgan fingerprint density at radius 2 is 2.04 bits per heavy atom. The highest BCUT2D eigenvalue weighted by atomic mass is 32.1. The highest BCUT2D eigenvalue weighted by Crippen LogP contribution is 2.25. The molecule has 1 atom stereocenters. The SMILES string of the molecule is CC(=O)c1cccc(OC(C)C(=O)Nc2nnc(C(F)F)s2)c1. The number of ketones is 1. The second kappa shape index (κ2) is 7.23. The number of halogens is 2. The zero-order valence-electron chi connectivity index (χ0n) is 12.2. The monoisotopic (exact) mass is 341 g/mol. The van der Waals surface area contributed by atoms with Crippen molar-refractivity contribution in [3.8, 4) is 5.75 Å². The van der Waals surface area contributed by atoms with E-state index in [0.29, 0.717) is 22.6 Å². The smallest absolute Gasteiger partial charge is 0.291 e. The fourth-order valence-corrected chi connectivity index (χ4v) is 2.23. The van der Waals surface area contributed by atoms with Crippen molar-refractivity contribution in [3.63, 3.8) is 0 Å². The van der Waals surface area contributed by atoms with Gasteiger partial charge in [-0.15, -0.1) is 10.2 Å². The maximum atomic E-state index is 12.4. The van der Waals surface area contributed by atoms with Gasteiger partial charge in [0.05, 0.1) is 0 Å². The van der Waals surface area contributed by atoms with Gasteiger partial charge in [0, 0.05) is 5.56 Å². The number of carbonyl (C=O) groups excluding carboxylic acids is 2. The van der Waals surface area contributed by atoms with Crippen LogP contribution in [0.5, 0.6) is 5.75 Å². The minimum Gasteiger partial charge on any atom is -0.481 e. The van der Waals surface area contributed by atoms with Crippen LogP contribution in [0.3, 0.4) is 0 Å². The summed E-state index contributed by atoms with van der Waals surface area (Å²) in [4.78, 5) is 23.3. The van der Waals surface area contributed by atoms with Crippen LogP contribution in [0.1, 0.15) is 35.6 Å². The van der Waals surface area contributed by atoms with Crippen molar-refractivity contribution in [3.05, 3.63) is 34.8 Å². The number of ether oxygens (including phenoxy) is 1. The van der Waals surface area contributed by atoms with E-state index in [2.05, 4.69) is 15.5 Å². The number of anilines is 1. The average molecular weight is 341 g/mol. The lowest BCUT2D eigenvalue weighted by Crippen LogP contribution is -2.30. The van der Waals surface area contributed by atoms with E-state index in [0.717, 1.165) is 0 Å². The van der Waals surface area contributed by atoms with Crippen LogP contribution < -0.4 is 10.1 Å². The topological polar surface area (TPSA) is 81.2 Å². The number of aromatic nitrogens is 2. The number of nitrogens with zero attached hydrogens (tertiary/aromatic N) is 2. The maximum absolute atomic E-state index is 12.4. The van der Waals surface area contributed by atoms with E-state index >= 15 is 0 Å². The molecule has 0 aliphatic carbocycles. The van der Waals surface area contributed by atoms with Crippen LogP contribution in [0.2, 0.25) is 0 Å². The first-order valence-corrected chi connectivity index (χ1v) is 7.38. The molecule has 0 aliphatic heterocycles. The number of nitrogens with one attached hydrogen (secondary N) is 1. The Bertz CT molecular complexity index is 721. The Morgan fingerprint density at radius 1 is 1.30 bits per heavy atom. The van der Waals surface area contributed by atoms with Gasteiger partial charge in [0.25, 0.3) is 12.3 Å². The van der Waals surface area contributed by atoms with Crippen molar-refractivity contribution in [1.29, 1.82) is 0 Å². The van der Waals surface area contributed by atoms with Gasteiger partial charge in [0.2, 0.25) is 5.13 Å². The second-order valence-electron chi connectivity index (χ2n) is 4.58. The number of rotatable bonds is 6. The standard InChI is InChI=1S/C14H13F2N3O3S/c1-7(20)9-4-3-5-10(6-9)22-8(2)12(21)17-14-19-18-13(23-14)11(15)16/h3-6,8,11H,1-2H3,(H,17,19,21). The van der Waals surface area contributed by atoms with Crippen LogP contribution in [0.25, 0.3) is 0 Å². The van der Waals surface area contributed by atoms with E-state index < -0.39 is 23.4 Å². The molecule has 1 unspecified atom stereocenters. The average Bonchev–Trinajstić information content (AvgIpc) is 2.96. The molecule has 0 aliphatic rings. The fraction of sp³-hybridized carbons (Fsp3) is 0.286. The largest absolute Gasteiger partial charge is 0.481 e. The molecule has 0 bridgehead atoms. The summed E-state index contributed by atoms with van der Waals surface area (Å²) >= 11 is 0.595. The molecule has 1 aromatic heterocycles. The van der Waals surface area contributed by atoms with Gasteiger partial charge in [-0.1, -0.05) is 23.5 Å². The minimum absolute atomic E-state index is 0.0294. The number of carbonyl (C=O) groups is 2. The molecule has 1 heterocycles. The summed E-state index contributed by atoms with van der Waals surface area (Å²) in [6.45, 7) is 2.91. The molecule has 1 aromatic carbocycles. The van der Waals surface area contributed by atoms with Crippen LogP contribution in [0.4, 0.5) is 13.9 Å². The summed E-state index contributed by atoms with van der Waals surface area (Å²) in [5, 5.41) is 8.59. The first-order valence-electron chi connectivity index (χ1n) is 6.57. The zero-order chi connectivity index (χ0) is 17.0. The molecule has 1 amide bonds. The third-order valence-electron chi connectivity index (χ3n) is 2.78. The van der Waals surface area contributed by atoms with Crippen molar-refractivity contribution in [2.24, 2.45) is 0 Å². The number of hydrogen-bond acceptors (Lipinski definition) is 6. The summed E-state index contributed by atoms with van der Waals surface area (Å²) in [6, 6.07) is 6.39. The summed E-state index contributed by atoms with van der Waals surface area (Å²) in [5.74, 6) is -0.331. The molecule has 0 saturated heterocycles. The summed E-state index contributed by atoms with van der Waals surface area (Å²) < 4.78 is 30.3. The molecule has 0 spiro atoms. The Hall–Kier alpha value is -2.42. The van der Waals surface area contributed by atoms with Crippen LogP contribution in [-0.4, -0.2) is 28.0 Å². The van der Waals surface area contributed by atoms with Gasteiger partial charge in [0.1, 0.15) is 5.75 Å². The molecule has 122 valence electrons. The van der Waals surface area contributed by atoms with E-state index in [9.17, 15) is 18.4 Å². The lowest BCUT2D eigenvalue weighted by Gasteiger charge is -2.13. The zero-order valence-corrected chi connectivity index (χ0v) is 13.1. The maximum Gasteiger partial charge on any atom is 0.291 e. The minimum atomic E-state index is -2.74. The molecule has 2 aromatic rings. The van der Waals surface area contributed by atoms with E-state index in [1.807, 2.05) is 0 Å². The lowest BCUT2D eigenvalue weighted by atomic mass is 10.1. The molecular weight excluding hydrogens is 328 g/mol. The van der Waals surface area contributed by atoms with E-state index in [4.69, 9.17) is 4.74 Å². The normalized spacial score (nSPS) is 12.0. The van der Waals surface area contributed by atoms with E-state index in [-0.39, 0.29) is 10.9 Å². The van der Waals surface area contributed by atoms with Gasteiger partial charge in [-0.25, -0.2) is 8.78 Å². The number of amides is 1. The molecule has 1 N–H and O–H groups in total. The molecule has 6 nitrogen and oxygen atoms in total. The quantitative estimate of drug-likeness (QED) is 0.817. The molecule has 23 heavy (non-hydrogen) atoms. The van der Waals surface area contributed by atoms with Gasteiger partial charge in [-0.2, -0.15) is 0 Å². The second-order valence-corrected chi connectivity index (χ2v) is 5.59. The van der Waals surface area contributed by atoms with Crippen LogP contribution >= 0.6 is 11.3 Å². The first-order chi connectivity index (χ1) is 10.9. The highest BCUT2D eigenvalue weighted by molar-refractivity contribution is 7.15. The third-order valence-corrected chi connectivity index (χ3v) is 3.63. The van der Waals surface area contributed by atoms with Gasteiger partial charge < -0.3 is 4.74 Å². The molecule has 2 rings (SSSR count). The predicted octanol–water partition coefficient (Wildman–Crippen LogP) is 3.08. The summed E-state index contributed by atoms with van der Waals surface area (Å²) in [7, 11) is 0. The predicted molar refractivity (Wildman–Crippen MR) is 80.0 cm³/mol. The van der Waals surface area contributed by atoms with E-state index in [1.165, 1.54) is 19.9 Å². The van der Waals surface area contributed by atoms with Crippen LogP contribution in [0, 0.1) is 0 Å². The Morgan fingerprint density at radius 3 is 2.65 bits per heavy atom. The number of Topliss-reactive ketones (excluding diaryl/α,β-unsaturated/α-hetero) is 1. The Kier molecular flexibility index (Phi) is 5.32. The van der Waals surface area contributed by atoms with Crippen molar-refractivity contribution in [1.82, 2.24) is 10.2 Å². The fourth-order valence-electron chi connectivity index (χ4n) is 1.63. The number of hydrogen-bond donors (Lipinski definition) is 1. The summed E-state index contributed by atoms with van der Waals surface area (Å²) in [5.41, 5.74) is 0.459. The summed E-state index contributed by atoms with van der Waals surface area (Å²) in [6.07, 6.45) is -3.64. The third kappa shape index (κ3) is 4.52. The van der Waals surface area contributed by atoms with Crippen LogP contribution in [0.15, 0.2) is 24.3 Å². The van der Waals surface area contributed by atoms with Crippen molar-refractivity contribution in [2.45, 2.75) is 26.4 Å². The first kappa shape index (κ1) is 16.9. The molecule has 0 saturated carbocycles. The van der Waals surface area contributed by atoms with Gasteiger partial charge in [0.15, 0.2) is 16.9 Å². The van der Waals surface area contributed by atoms with Gasteiger partial charge in [-0.3, -0.25) is 14.9 Å².